The van der Waals surface area contributed by atoms with Gasteiger partial charge < -0.3 is 10.8 Å². The number of benzene rings is 1. The summed E-state index contributed by atoms with van der Waals surface area (Å²) in [6.07, 6.45) is 1.11. The van der Waals surface area contributed by atoms with Crippen LogP contribution in [-0.2, 0) is 6.61 Å². The van der Waals surface area contributed by atoms with Crippen LogP contribution in [0.1, 0.15) is 23.5 Å². The third-order valence-corrected chi connectivity index (χ3v) is 2.43. The van der Waals surface area contributed by atoms with Crippen LogP contribution in [0.2, 0.25) is 0 Å². The van der Waals surface area contributed by atoms with Crippen molar-refractivity contribution in [1.82, 2.24) is 0 Å². The van der Waals surface area contributed by atoms with E-state index in [1.807, 2.05) is 12.1 Å². The predicted molar refractivity (Wildman–Crippen MR) is 54.9 cm³/mol. The van der Waals surface area contributed by atoms with Crippen molar-refractivity contribution in [3.8, 4) is 0 Å². The highest BCUT2D eigenvalue weighted by atomic mass is 35.5. The van der Waals surface area contributed by atoms with E-state index in [0.29, 0.717) is 12.0 Å². The van der Waals surface area contributed by atoms with Crippen LogP contribution in [0.4, 0.5) is 0 Å². The van der Waals surface area contributed by atoms with Crippen molar-refractivity contribution < 1.29 is 5.11 Å². The highest BCUT2D eigenvalue weighted by Gasteiger charge is 2.34. The molecule has 1 aromatic carbocycles. The number of hydrogen-bond acceptors (Lipinski definition) is 2. The standard InChI is InChI=1S/C10H13NO.ClH/c11-10-5-9(10)8-3-1-7(6-12)2-4-8;/h1-4,9-10,12H,5-6,11H2;1H. The fourth-order valence-electron chi connectivity index (χ4n) is 1.47. The summed E-state index contributed by atoms with van der Waals surface area (Å²) in [5.74, 6) is 0.567. The van der Waals surface area contributed by atoms with Gasteiger partial charge in [0.15, 0.2) is 0 Å². The Labute approximate surface area is 84.2 Å². The molecule has 1 aromatic rings. The lowest BCUT2D eigenvalue weighted by atomic mass is 10.1. The van der Waals surface area contributed by atoms with Crippen LogP contribution >= 0.6 is 12.4 Å². The van der Waals surface area contributed by atoms with Gasteiger partial charge in [-0.2, -0.15) is 0 Å². The number of nitrogens with two attached hydrogens (primary N) is 1. The summed E-state index contributed by atoms with van der Waals surface area (Å²) in [7, 11) is 0. The van der Waals surface area contributed by atoms with E-state index in [0.717, 1.165) is 12.0 Å². The summed E-state index contributed by atoms with van der Waals surface area (Å²) in [5.41, 5.74) is 7.99. The number of aliphatic hydroxyl groups is 1. The number of hydrogen-bond donors (Lipinski definition) is 2. The summed E-state index contributed by atoms with van der Waals surface area (Å²) in [5, 5.41) is 8.81. The lowest BCUT2D eigenvalue weighted by molar-refractivity contribution is 0.282. The summed E-state index contributed by atoms with van der Waals surface area (Å²) in [6, 6.07) is 8.40. The van der Waals surface area contributed by atoms with E-state index in [2.05, 4.69) is 12.1 Å². The monoisotopic (exact) mass is 199 g/mol. The molecule has 0 bridgehead atoms. The number of halogens is 1. The van der Waals surface area contributed by atoms with Crippen molar-refractivity contribution in [1.29, 1.82) is 0 Å². The molecular weight excluding hydrogens is 186 g/mol. The van der Waals surface area contributed by atoms with Gasteiger partial charge in [0, 0.05) is 12.0 Å². The van der Waals surface area contributed by atoms with Crippen molar-refractivity contribution >= 4 is 12.4 Å². The second-order valence-corrected chi connectivity index (χ2v) is 3.41. The Morgan fingerprint density at radius 3 is 2.23 bits per heavy atom. The van der Waals surface area contributed by atoms with Crippen molar-refractivity contribution in [3.63, 3.8) is 0 Å². The summed E-state index contributed by atoms with van der Waals surface area (Å²) >= 11 is 0. The van der Waals surface area contributed by atoms with Crippen LogP contribution in [0.3, 0.4) is 0 Å². The van der Waals surface area contributed by atoms with E-state index in [9.17, 15) is 0 Å². The Balaban J connectivity index is 0.000000845. The molecule has 1 aliphatic carbocycles. The maximum absolute atomic E-state index is 8.81. The van der Waals surface area contributed by atoms with E-state index >= 15 is 0 Å². The van der Waals surface area contributed by atoms with Gasteiger partial charge in [0.2, 0.25) is 0 Å². The third-order valence-electron chi connectivity index (χ3n) is 2.43. The van der Waals surface area contributed by atoms with Gasteiger partial charge in [0.1, 0.15) is 0 Å². The van der Waals surface area contributed by atoms with Crippen LogP contribution < -0.4 is 5.73 Å². The fraction of sp³-hybridized carbons (Fsp3) is 0.400. The van der Waals surface area contributed by atoms with E-state index in [1.54, 1.807) is 0 Å². The van der Waals surface area contributed by atoms with E-state index < -0.39 is 0 Å². The van der Waals surface area contributed by atoms with Gasteiger partial charge in [0.25, 0.3) is 0 Å². The van der Waals surface area contributed by atoms with Gasteiger partial charge in [-0.3, -0.25) is 0 Å². The van der Waals surface area contributed by atoms with Gasteiger partial charge in [-0.25, -0.2) is 0 Å². The van der Waals surface area contributed by atoms with E-state index in [1.165, 1.54) is 5.56 Å². The fourth-order valence-corrected chi connectivity index (χ4v) is 1.47. The molecule has 1 aliphatic rings. The molecule has 0 heterocycles. The molecule has 1 saturated carbocycles. The average molecular weight is 200 g/mol. The lowest BCUT2D eigenvalue weighted by Gasteiger charge is -1.99. The maximum atomic E-state index is 8.81. The predicted octanol–water partition coefficient (Wildman–Crippen LogP) is 1.42. The molecule has 13 heavy (non-hydrogen) atoms. The first-order valence-corrected chi connectivity index (χ1v) is 4.26. The molecule has 2 rings (SSSR count). The van der Waals surface area contributed by atoms with E-state index in [-0.39, 0.29) is 19.0 Å². The van der Waals surface area contributed by atoms with Gasteiger partial charge in [0.05, 0.1) is 6.61 Å². The van der Waals surface area contributed by atoms with E-state index in [4.69, 9.17) is 10.8 Å². The quantitative estimate of drug-likeness (QED) is 0.757. The SMILES string of the molecule is Cl.NC1CC1c1ccc(CO)cc1. The number of rotatable bonds is 2. The molecule has 3 N–H and O–H groups in total. The smallest absolute Gasteiger partial charge is 0.0681 e. The summed E-state index contributed by atoms with van der Waals surface area (Å²) in [6.45, 7) is 0.122. The molecular formula is C10H14ClNO. The molecule has 2 unspecified atom stereocenters. The first kappa shape index (κ1) is 10.5. The first-order valence-electron chi connectivity index (χ1n) is 4.26. The van der Waals surface area contributed by atoms with Crippen LogP contribution in [0.25, 0.3) is 0 Å². The zero-order chi connectivity index (χ0) is 8.55. The first-order chi connectivity index (χ1) is 5.81. The molecule has 2 atom stereocenters. The Morgan fingerprint density at radius 1 is 1.31 bits per heavy atom. The molecule has 0 aromatic heterocycles. The topological polar surface area (TPSA) is 46.2 Å². The highest BCUT2D eigenvalue weighted by molar-refractivity contribution is 5.85. The Bertz CT molecular complexity index is 273. The van der Waals surface area contributed by atoms with Gasteiger partial charge >= 0.3 is 0 Å². The Morgan fingerprint density at radius 2 is 1.85 bits per heavy atom. The minimum Gasteiger partial charge on any atom is -0.392 e. The molecule has 0 radical (unpaired) electrons. The molecule has 3 heteroatoms. The molecule has 0 amide bonds. The zero-order valence-corrected chi connectivity index (χ0v) is 8.13. The van der Waals surface area contributed by atoms with Crippen LogP contribution in [-0.4, -0.2) is 11.1 Å². The summed E-state index contributed by atoms with van der Waals surface area (Å²) < 4.78 is 0. The molecule has 2 nitrogen and oxygen atoms in total. The second-order valence-electron chi connectivity index (χ2n) is 3.41. The minimum atomic E-state index is 0. The molecule has 72 valence electrons. The normalized spacial score (nSPS) is 25.1. The van der Waals surface area contributed by atoms with Crippen LogP contribution in [0.5, 0.6) is 0 Å². The maximum Gasteiger partial charge on any atom is 0.0681 e. The number of aliphatic hydroxyl groups excluding tert-OH is 1. The Kier molecular flexibility index (Phi) is 3.31. The minimum absolute atomic E-state index is 0. The molecule has 0 spiro atoms. The van der Waals surface area contributed by atoms with Gasteiger partial charge in [-0.1, -0.05) is 24.3 Å². The van der Waals surface area contributed by atoms with Crippen molar-refractivity contribution in [2.75, 3.05) is 0 Å². The van der Waals surface area contributed by atoms with Crippen molar-refractivity contribution in [2.24, 2.45) is 5.73 Å². The molecule has 1 fully saturated rings. The van der Waals surface area contributed by atoms with Crippen LogP contribution in [0, 0.1) is 0 Å². The molecule has 0 saturated heterocycles. The lowest BCUT2D eigenvalue weighted by Crippen LogP contribution is -2.00. The zero-order valence-electron chi connectivity index (χ0n) is 7.31. The van der Waals surface area contributed by atoms with Gasteiger partial charge in [-0.15, -0.1) is 12.4 Å². The van der Waals surface area contributed by atoms with Crippen molar-refractivity contribution in [2.45, 2.75) is 25.0 Å². The molecule has 0 aliphatic heterocycles. The summed E-state index contributed by atoms with van der Waals surface area (Å²) in [4.78, 5) is 0. The highest BCUT2D eigenvalue weighted by Crippen LogP contribution is 2.38. The van der Waals surface area contributed by atoms with Crippen molar-refractivity contribution in [3.05, 3.63) is 35.4 Å². The van der Waals surface area contributed by atoms with Crippen LogP contribution in [0.15, 0.2) is 24.3 Å². The largest absolute Gasteiger partial charge is 0.392 e. The Hall–Kier alpha value is -0.570. The van der Waals surface area contributed by atoms with Gasteiger partial charge in [-0.05, 0) is 17.5 Å². The average Bonchev–Trinajstić information content (AvgIpc) is 2.83. The second kappa shape index (κ2) is 4.09. The third kappa shape index (κ3) is 2.21.